The molecule has 128 valence electrons. The van der Waals surface area contributed by atoms with E-state index in [1.54, 1.807) is 30.3 Å². The molecule has 0 spiro atoms. The van der Waals surface area contributed by atoms with Crippen molar-refractivity contribution >= 4 is 9.84 Å². The number of hydrogen-bond acceptors (Lipinski definition) is 3. The highest BCUT2D eigenvalue weighted by atomic mass is 32.2. The average molecular weight is 355 g/mol. The summed E-state index contributed by atoms with van der Waals surface area (Å²) in [5.74, 6) is -0.548. The first kappa shape index (κ1) is 17.3. The van der Waals surface area contributed by atoms with Crippen LogP contribution in [0.4, 0.5) is 4.39 Å². The van der Waals surface area contributed by atoms with Crippen molar-refractivity contribution < 1.29 is 12.8 Å². The van der Waals surface area contributed by atoms with Crippen LogP contribution in [0.25, 0.3) is 11.1 Å². The lowest BCUT2D eigenvalue weighted by Gasteiger charge is -2.13. The van der Waals surface area contributed by atoms with Gasteiger partial charge in [-0.1, -0.05) is 29.8 Å². The van der Waals surface area contributed by atoms with E-state index >= 15 is 0 Å². The maximum atomic E-state index is 13.0. The lowest BCUT2D eigenvalue weighted by atomic mass is 10.1. The molecule has 0 saturated heterocycles. The van der Waals surface area contributed by atoms with Gasteiger partial charge in [-0.2, -0.15) is 4.39 Å². The number of sulfone groups is 1. The smallest absolute Gasteiger partial charge is 0.212 e. The number of hydrogen-bond donors (Lipinski definition) is 0. The molecule has 2 aromatic carbocycles. The Bertz CT molecular complexity index is 1000. The maximum Gasteiger partial charge on any atom is 0.212 e. The van der Waals surface area contributed by atoms with Gasteiger partial charge >= 0.3 is 0 Å². The predicted molar refractivity (Wildman–Crippen MR) is 95.7 cm³/mol. The molecule has 0 bridgehead atoms. The number of pyridine rings is 1. The summed E-state index contributed by atoms with van der Waals surface area (Å²) < 4.78 is 39.0. The van der Waals surface area contributed by atoms with Crippen molar-refractivity contribution in [1.82, 2.24) is 4.98 Å². The van der Waals surface area contributed by atoms with Crippen LogP contribution in [0.3, 0.4) is 0 Å². The summed E-state index contributed by atoms with van der Waals surface area (Å²) in [5, 5.41) is 0. The van der Waals surface area contributed by atoms with Gasteiger partial charge in [0.2, 0.25) is 15.8 Å². The van der Waals surface area contributed by atoms with Crippen LogP contribution in [0, 0.1) is 26.7 Å². The quantitative estimate of drug-likeness (QED) is 0.643. The number of halogens is 1. The van der Waals surface area contributed by atoms with E-state index in [2.05, 4.69) is 4.98 Å². The lowest BCUT2D eigenvalue weighted by molar-refractivity contribution is 0.584. The van der Waals surface area contributed by atoms with Crippen molar-refractivity contribution in [2.75, 3.05) is 0 Å². The first-order valence-electron chi connectivity index (χ1n) is 7.84. The van der Waals surface area contributed by atoms with E-state index in [4.69, 9.17) is 0 Å². The molecular formula is C20H18FNO2S. The van der Waals surface area contributed by atoms with Crippen molar-refractivity contribution in [2.45, 2.75) is 30.6 Å². The molecule has 0 aliphatic carbocycles. The minimum absolute atomic E-state index is 0.237. The van der Waals surface area contributed by atoms with E-state index in [1.165, 1.54) is 12.3 Å². The largest absolute Gasteiger partial charge is 0.228 e. The molecule has 5 heteroatoms. The second-order valence-electron chi connectivity index (χ2n) is 6.13. The third-order valence-corrected chi connectivity index (χ3v) is 6.17. The number of aryl methyl sites for hydroxylation is 3. The van der Waals surface area contributed by atoms with Gasteiger partial charge in [-0.15, -0.1) is 0 Å². The fourth-order valence-corrected chi connectivity index (χ4v) is 4.78. The summed E-state index contributed by atoms with van der Waals surface area (Å²) >= 11 is 0. The highest BCUT2D eigenvalue weighted by Crippen LogP contribution is 2.29. The van der Waals surface area contributed by atoms with Crippen molar-refractivity contribution in [3.05, 3.63) is 77.4 Å². The van der Waals surface area contributed by atoms with Crippen molar-refractivity contribution in [3.8, 4) is 11.1 Å². The molecule has 0 fully saturated rings. The Hall–Kier alpha value is -2.53. The Morgan fingerprint density at radius 2 is 1.40 bits per heavy atom. The Balaban J connectivity index is 2.03. The van der Waals surface area contributed by atoms with E-state index in [9.17, 15) is 12.8 Å². The number of rotatable bonds is 3. The van der Waals surface area contributed by atoms with Gasteiger partial charge < -0.3 is 0 Å². The molecular weight excluding hydrogens is 337 g/mol. The minimum Gasteiger partial charge on any atom is -0.228 e. The first-order valence-corrected chi connectivity index (χ1v) is 9.32. The molecule has 0 saturated carbocycles. The second-order valence-corrected chi connectivity index (χ2v) is 8.01. The van der Waals surface area contributed by atoms with Crippen LogP contribution in [0.15, 0.2) is 64.5 Å². The molecule has 1 aromatic heterocycles. The van der Waals surface area contributed by atoms with Crippen LogP contribution in [0.2, 0.25) is 0 Å². The monoisotopic (exact) mass is 355 g/mol. The van der Waals surface area contributed by atoms with Gasteiger partial charge in [-0.25, -0.2) is 13.4 Å². The van der Waals surface area contributed by atoms with E-state index in [-0.39, 0.29) is 4.90 Å². The Kier molecular flexibility index (Phi) is 4.43. The third-order valence-electron chi connectivity index (χ3n) is 4.10. The molecule has 0 amide bonds. The minimum atomic E-state index is -3.60. The lowest BCUT2D eigenvalue weighted by Crippen LogP contribution is -2.07. The molecule has 25 heavy (non-hydrogen) atoms. The molecule has 3 aromatic rings. The van der Waals surface area contributed by atoms with Crippen molar-refractivity contribution in [2.24, 2.45) is 0 Å². The summed E-state index contributed by atoms with van der Waals surface area (Å²) in [7, 11) is -3.60. The van der Waals surface area contributed by atoms with E-state index in [1.807, 2.05) is 32.9 Å². The standard InChI is InChI=1S/C20H18FNO2S/c1-13-10-14(2)20(15(3)11-13)25(23,24)18-7-4-16(5-8-18)17-6-9-19(21)22-12-17/h4-12H,1-3H3. The van der Waals surface area contributed by atoms with Crippen LogP contribution in [0.1, 0.15) is 16.7 Å². The van der Waals surface area contributed by atoms with E-state index in [0.717, 1.165) is 27.8 Å². The molecule has 0 aliphatic rings. The zero-order chi connectivity index (χ0) is 18.2. The van der Waals surface area contributed by atoms with Gasteiger partial charge in [0, 0.05) is 11.8 Å². The molecule has 0 atom stereocenters. The van der Waals surface area contributed by atoms with Crippen molar-refractivity contribution in [1.29, 1.82) is 0 Å². The van der Waals surface area contributed by atoms with Gasteiger partial charge in [0.25, 0.3) is 0 Å². The van der Waals surface area contributed by atoms with Gasteiger partial charge in [0.1, 0.15) is 0 Å². The summed E-state index contributed by atoms with van der Waals surface area (Å²) in [6, 6.07) is 13.2. The average Bonchev–Trinajstić information content (AvgIpc) is 2.54. The first-order chi connectivity index (χ1) is 11.8. The van der Waals surface area contributed by atoms with Crippen LogP contribution < -0.4 is 0 Å². The third kappa shape index (κ3) is 3.33. The maximum absolute atomic E-state index is 13.0. The Morgan fingerprint density at radius 1 is 0.840 bits per heavy atom. The molecule has 0 radical (unpaired) electrons. The summed E-state index contributed by atoms with van der Waals surface area (Å²) in [4.78, 5) is 4.21. The van der Waals surface area contributed by atoms with Crippen molar-refractivity contribution in [3.63, 3.8) is 0 Å². The van der Waals surface area contributed by atoms with Crippen LogP contribution in [0.5, 0.6) is 0 Å². The van der Waals surface area contributed by atoms with Crippen LogP contribution in [-0.4, -0.2) is 13.4 Å². The summed E-state index contributed by atoms with van der Waals surface area (Å²) in [6.07, 6.45) is 1.42. The predicted octanol–water partition coefficient (Wildman–Crippen LogP) is 4.65. The van der Waals surface area contributed by atoms with Gasteiger partial charge in [0.05, 0.1) is 9.79 Å². The number of nitrogens with zero attached hydrogens (tertiary/aromatic N) is 1. The molecule has 3 nitrogen and oxygen atoms in total. The molecule has 0 aliphatic heterocycles. The zero-order valence-electron chi connectivity index (χ0n) is 14.2. The SMILES string of the molecule is Cc1cc(C)c(S(=O)(=O)c2ccc(-c3ccc(F)nc3)cc2)c(C)c1. The van der Waals surface area contributed by atoms with Crippen LogP contribution in [-0.2, 0) is 9.84 Å². The fraction of sp³-hybridized carbons (Fsp3) is 0.150. The fourth-order valence-electron chi connectivity index (χ4n) is 3.08. The molecule has 0 N–H and O–H groups in total. The normalized spacial score (nSPS) is 11.5. The van der Waals surface area contributed by atoms with Crippen LogP contribution >= 0.6 is 0 Å². The highest BCUT2D eigenvalue weighted by molar-refractivity contribution is 7.91. The van der Waals surface area contributed by atoms with Gasteiger partial charge in [0.15, 0.2) is 0 Å². The highest BCUT2D eigenvalue weighted by Gasteiger charge is 2.22. The molecule has 1 heterocycles. The Morgan fingerprint density at radius 3 is 1.92 bits per heavy atom. The number of benzene rings is 2. The Labute approximate surface area is 147 Å². The van der Waals surface area contributed by atoms with Gasteiger partial charge in [-0.3, -0.25) is 0 Å². The van der Waals surface area contributed by atoms with E-state index < -0.39 is 15.8 Å². The topological polar surface area (TPSA) is 47.0 Å². The summed E-state index contributed by atoms with van der Waals surface area (Å²) in [6.45, 7) is 5.57. The second kappa shape index (κ2) is 6.41. The molecule has 0 unspecified atom stereocenters. The molecule has 3 rings (SSSR count). The van der Waals surface area contributed by atoms with Gasteiger partial charge in [-0.05, 0) is 61.7 Å². The summed E-state index contributed by atoms with van der Waals surface area (Å²) in [5.41, 5.74) is 4.03. The number of aromatic nitrogens is 1. The van der Waals surface area contributed by atoms with E-state index in [0.29, 0.717) is 4.90 Å². The zero-order valence-corrected chi connectivity index (χ0v) is 15.1.